The van der Waals surface area contributed by atoms with E-state index in [0.717, 1.165) is 12.8 Å². The molecule has 2 N–H and O–H groups in total. The van der Waals surface area contributed by atoms with Gasteiger partial charge in [0.25, 0.3) is 5.91 Å². The van der Waals surface area contributed by atoms with Crippen LogP contribution in [-0.4, -0.2) is 23.5 Å². The second kappa shape index (κ2) is 5.91. The largest absolute Gasteiger partial charge is 0.481 e. The summed E-state index contributed by atoms with van der Waals surface area (Å²) in [5.74, 6) is -2.11. The standard InChI is InChI=1S/C14H15BrFNO3/c15-9-3-4-11(16)10(7-9)12(18)17-8-14(13(19)20)5-1-2-6-14/h3-4,7H,1-2,5-6,8H2,(H,17,18)(H,19,20). The Bertz CT molecular complexity index is 541. The number of carbonyl (C=O) groups excluding carboxylic acids is 1. The van der Waals surface area contributed by atoms with Gasteiger partial charge in [0.2, 0.25) is 0 Å². The zero-order chi connectivity index (χ0) is 14.8. The first-order valence-electron chi connectivity index (χ1n) is 6.41. The average molecular weight is 344 g/mol. The number of carboxylic acids is 1. The monoisotopic (exact) mass is 343 g/mol. The smallest absolute Gasteiger partial charge is 0.311 e. The molecule has 1 fully saturated rings. The molecule has 1 aromatic rings. The summed E-state index contributed by atoms with van der Waals surface area (Å²) in [5.41, 5.74) is -0.990. The first-order chi connectivity index (χ1) is 9.44. The Balaban J connectivity index is 2.08. The molecule has 4 nitrogen and oxygen atoms in total. The zero-order valence-corrected chi connectivity index (χ0v) is 12.4. The molecule has 0 saturated heterocycles. The van der Waals surface area contributed by atoms with Gasteiger partial charge in [0.15, 0.2) is 0 Å². The minimum absolute atomic E-state index is 0.0348. The molecule has 108 valence electrons. The lowest BCUT2D eigenvalue weighted by Gasteiger charge is -2.24. The van der Waals surface area contributed by atoms with Crippen molar-refractivity contribution in [3.05, 3.63) is 34.1 Å². The van der Waals surface area contributed by atoms with E-state index in [2.05, 4.69) is 21.2 Å². The van der Waals surface area contributed by atoms with Gasteiger partial charge in [-0.05, 0) is 31.0 Å². The van der Waals surface area contributed by atoms with Crippen molar-refractivity contribution in [3.63, 3.8) is 0 Å². The molecule has 20 heavy (non-hydrogen) atoms. The summed E-state index contributed by atoms with van der Waals surface area (Å²) in [6.45, 7) is 0.0348. The fourth-order valence-corrected chi connectivity index (χ4v) is 2.90. The summed E-state index contributed by atoms with van der Waals surface area (Å²) in [5, 5.41) is 11.9. The molecule has 1 saturated carbocycles. The summed E-state index contributed by atoms with van der Waals surface area (Å²) in [4.78, 5) is 23.3. The predicted octanol–water partition coefficient (Wildman–Crippen LogP) is 2.96. The van der Waals surface area contributed by atoms with Crippen LogP contribution in [0.2, 0.25) is 0 Å². The normalized spacial score (nSPS) is 16.9. The molecule has 0 atom stereocenters. The van der Waals surface area contributed by atoms with Crippen LogP contribution in [0.25, 0.3) is 0 Å². The molecule has 0 aliphatic heterocycles. The van der Waals surface area contributed by atoms with Crippen LogP contribution in [0.3, 0.4) is 0 Å². The summed E-state index contributed by atoms with van der Waals surface area (Å²) in [6.07, 6.45) is 2.77. The van der Waals surface area contributed by atoms with Gasteiger partial charge in [0, 0.05) is 11.0 Å². The lowest BCUT2D eigenvalue weighted by molar-refractivity contribution is -0.148. The molecule has 0 bridgehead atoms. The molecule has 1 aromatic carbocycles. The van der Waals surface area contributed by atoms with Gasteiger partial charge in [0.1, 0.15) is 5.82 Å². The third-order valence-corrected chi connectivity index (χ3v) is 4.27. The fourth-order valence-electron chi connectivity index (χ4n) is 2.53. The van der Waals surface area contributed by atoms with E-state index < -0.39 is 23.1 Å². The van der Waals surface area contributed by atoms with Crippen molar-refractivity contribution in [2.75, 3.05) is 6.54 Å². The van der Waals surface area contributed by atoms with E-state index in [0.29, 0.717) is 17.3 Å². The number of amides is 1. The second-order valence-electron chi connectivity index (χ2n) is 5.10. The quantitative estimate of drug-likeness (QED) is 0.883. The zero-order valence-electron chi connectivity index (χ0n) is 10.8. The van der Waals surface area contributed by atoms with Crippen molar-refractivity contribution >= 4 is 27.8 Å². The minimum Gasteiger partial charge on any atom is -0.481 e. The maximum atomic E-state index is 13.6. The first-order valence-corrected chi connectivity index (χ1v) is 7.21. The van der Waals surface area contributed by atoms with Crippen molar-refractivity contribution in [3.8, 4) is 0 Å². The number of benzene rings is 1. The summed E-state index contributed by atoms with van der Waals surface area (Å²) in [7, 11) is 0. The number of nitrogens with one attached hydrogen (secondary N) is 1. The number of carbonyl (C=O) groups is 2. The second-order valence-corrected chi connectivity index (χ2v) is 6.02. The Morgan fingerprint density at radius 2 is 2.00 bits per heavy atom. The van der Waals surface area contributed by atoms with Gasteiger partial charge in [-0.25, -0.2) is 4.39 Å². The molecule has 0 radical (unpaired) electrons. The Kier molecular flexibility index (Phi) is 4.42. The van der Waals surface area contributed by atoms with Gasteiger partial charge in [0.05, 0.1) is 11.0 Å². The van der Waals surface area contributed by atoms with Gasteiger partial charge in [-0.2, -0.15) is 0 Å². The van der Waals surface area contributed by atoms with E-state index in [4.69, 9.17) is 0 Å². The van der Waals surface area contributed by atoms with E-state index in [1.807, 2.05) is 0 Å². The molecule has 0 spiro atoms. The molecular weight excluding hydrogens is 329 g/mol. The van der Waals surface area contributed by atoms with Crippen molar-refractivity contribution in [1.82, 2.24) is 5.32 Å². The van der Waals surface area contributed by atoms with Crippen LogP contribution in [0.15, 0.2) is 22.7 Å². The number of rotatable bonds is 4. The van der Waals surface area contributed by atoms with Gasteiger partial charge in [-0.1, -0.05) is 28.8 Å². The molecule has 0 unspecified atom stereocenters. The highest BCUT2D eigenvalue weighted by Crippen LogP contribution is 2.37. The van der Waals surface area contributed by atoms with Gasteiger partial charge >= 0.3 is 5.97 Å². The highest BCUT2D eigenvalue weighted by molar-refractivity contribution is 9.10. The Morgan fingerprint density at radius 1 is 1.35 bits per heavy atom. The highest BCUT2D eigenvalue weighted by Gasteiger charge is 2.41. The molecule has 6 heteroatoms. The lowest BCUT2D eigenvalue weighted by Crippen LogP contribution is -2.41. The van der Waals surface area contributed by atoms with Crippen LogP contribution >= 0.6 is 15.9 Å². The molecule has 0 heterocycles. The van der Waals surface area contributed by atoms with Crippen LogP contribution in [0.5, 0.6) is 0 Å². The summed E-state index contributed by atoms with van der Waals surface area (Å²) in [6, 6.07) is 4.08. The topological polar surface area (TPSA) is 66.4 Å². The molecule has 1 aliphatic rings. The maximum Gasteiger partial charge on any atom is 0.311 e. The predicted molar refractivity (Wildman–Crippen MR) is 75.0 cm³/mol. The minimum atomic E-state index is -0.905. The molecular formula is C14H15BrFNO3. The van der Waals surface area contributed by atoms with Crippen molar-refractivity contribution in [1.29, 1.82) is 0 Å². The third kappa shape index (κ3) is 3.00. The van der Waals surface area contributed by atoms with E-state index in [-0.39, 0.29) is 12.1 Å². The van der Waals surface area contributed by atoms with Crippen LogP contribution in [0, 0.1) is 11.2 Å². The van der Waals surface area contributed by atoms with Crippen LogP contribution in [0.4, 0.5) is 4.39 Å². The number of carboxylic acid groups (broad SMARTS) is 1. The van der Waals surface area contributed by atoms with Crippen LogP contribution in [0.1, 0.15) is 36.0 Å². The Labute approximate surface area is 124 Å². The van der Waals surface area contributed by atoms with E-state index in [9.17, 15) is 19.1 Å². The first kappa shape index (κ1) is 15.0. The van der Waals surface area contributed by atoms with Gasteiger partial charge in [-0.15, -0.1) is 0 Å². The summed E-state index contributed by atoms with van der Waals surface area (Å²) >= 11 is 3.17. The molecule has 1 amide bonds. The van der Waals surface area contributed by atoms with Crippen molar-refractivity contribution in [2.45, 2.75) is 25.7 Å². The third-order valence-electron chi connectivity index (χ3n) is 3.77. The Morgan fingerprint density at radius 3 is 2.60 bits per heavy atom. The van der Waals surface area contributed by atoms with E-state index in [1.165, 1.54) is 18.2 Å². The molecule has 1 aliphatic carbocycles. The van der Waals surface area contributed by atoms with E-state index in [1.54, 1.807) is 0 Å². The lowest BCUT2D eigenvalue weighted by atomic mass is 9.86. The summed E-state index contributed by atoms with van der Waals surface area (Å²) < 4.78 is 14.2. The van der Waals surface area contributed by atoms with Crippen molar-refractivity contribution < 1.29 is 19.1 Å². The molecule has 0 aromatic heterocycles. The number of hydrogen-bond acceptors (Lipinski definition) is 2. The Hall–Kier alpha value is -1.43. The highest BCUT2D eigenvalue weighted by atomic mass is 79.9. The van der Waals surface area contributed by atoms with Crippen LogP contribution in [-0.2, 0) is 4.79 Å². The van der Waals surface area contributed by atoms with Gasteiger partial charge in [-0.3, -0.25) is 9.59 Å². The SMILES string of the molecule is O=C(NCC1(C(=O)O)CCCC1)c1cc(Br)ccc1F. The fraction of sp³-hybridized carbons (Fsp3) is 0.429. The number of aliphatic carboxylic acids is 1. The average Bonchev–Trinajstić information content (AvgIpc) is 2.89. The number of hydrogen-bond donors (Lipinski definition) is 2. The van der Waals surface area contributed by atoms with Crippen molar-refractivity contribution in [2.24, 2.45) is 5.41 Å². The van der Waals surface area contributed by atoms with Crippen LogP contribution < -0.4 is 5.32 Å². The van der Waals surface area contributed by atoms with Gasteiger partial charge < -0.3 is 10.4 Å². The maximum absolute atomic E-state index is 13.6. The van der Waals surface area contributed by atoms with E-state index >= 15 is 0 Å². The number of halogens is 2. The molecule has 2 rings (SSSR count).